The summed E-state index contributed by atoms with van der Waals surface area (Å²) in [5, 5.41) is 18.6. The first-order chi connectivity index (χ1) is 65.6. The molecule has 12 aliphatic rings. The zero-order valence-corrected chi connectivity index (χ0v) is 82.0. The number of nitrogens with zero attached hydrogens (tertiary/aromatic N) is 17. The fourth-order valence-corrected chi connectivity index (χ4v) is 25.1. The second-order valence-corrected chi connectivity index (χ2v) is 42.4. The van der Waals surface area contributed by atoms with Gasteiger partial charge in [0.05, 0.1) is 110 Å². The summed E-state index contributed by atoms with van der Waals surface area (Å²) in [5.41, 5.74) is 9.49. The minimum atomic E-state index is -0.488. The van der Waals surface area contributed by atoms with Crippen molar-refractivity contribution in [3.05, 3.63) is 239 Å². The van der Waals surface area contributed by atoms with E-state index in [1.807, 2.05) is 39.8 Å². The number of carbonyl (C=O) groups excluding carboxylic acids is 5. The van der Waals surface area contributed by atoms with Gasteiger partial charge in [-0.1, -0.05) is 147 Å². The van der Waals surface area contributed by atoms with Gasteiger partial charge >= 0.3 is 30.1 Å². The Hall–Kier alpha value is -11.4. The van der Waals surface area contributed by atoms with Gasteiger partial charge in [0.15, 0.2) is 5.82 Å². The van der Waals surface area contributed by atoms with Crippen LogP contribution in [-0.4, -0.2) is 229 Å². The van der Waals surface area contributed by atoms with Crippen LogP contribution >= 0.6 is 0 Å². The minimum Gasteiger partial charge on any atom is -0.495 e. The fraction of sp³-hybridized carbons (Fsp3) is 0.532. The first kappa shape index (κ1) is 96.3. The van der Waals surface area contributed by atoms with Gasteiger partial charge in [0.25, 0.3) is 0 Å². The van der Waals surface area contributed by atoms with Crippen LogP contribution in [0.15, 0.2) is 188 Å². The molecule has 4 spiro atoms. The maximum Gasteiger partial charge on any atom is 0.337 e. The van der Waals surface area contributed by atoms with E-state index in [0.717, 1.165) is 164 Å². The Labute approximate surface area is 805 Å². The molecular formula is C111H140FN17O7. The van der Waals surface area contributed by atoms with Crippen molar-refractivity contribution in [3.63, 3.8) is 0 Å². The van der Waals surface area contributed by atoms with Gasteiger partial charge in [0.1, 0.15) is 17.5 Å². The number of amides is 8. The molecule has 2 aromatic heterocycles. The standard InChI is InChI=1S/C29H36N4O2.C29H37N3O3.C28H35N5O.C25H32FN5O/c1-31(2)29(24-10-5-4-6-11-24)16-14-28(15-17-29)21-32(27(34)33(28)20-22-8-7-9-22)25-13-12-23(19-30)18-26(25)35-3;1-30(2)29(24-10-5-4-6-11-24)18-16-28(17-19-29)21-31(27(34)32(28)20-22-8-7-9-22)25-14-12-23(13-15-25)26(33)35-3;1-21-16-24(17-29)30-18-25(21)32-20-27(33(26(32)34)19-22-8-7-9-22)12-14-28(15-13-27,31(2)3)23-10-5-4-6-11-23;1-29(2)25(20-9-4-3-5-10-20)13-11-24(12-14-25)18-30(22-27-15-21(26)16-28-22)23(32)31(24)17-19-7-6-8-19/h4-6,10-13,18,22H,7-9,14-17,20-21H2,1-3H3;4-6,10-15,22H,7-9,16-21H2,1-3H3;4-6,10-11,16,18,22H,7-9,12-15,19-20H2,1-3H3;3-5,9-10,15-16,19H,6-8,11-14,17-18H2,1-2H3. The average molecular weight is 1840 g/mol. The summed E-state index contributed by atoms with van der Waals surface area (Å²) in [5.74, 6) is 2.47. The van der Waals surface area contributed by atoms with E-state index >= 15 is 0 Å². The number of ether oxygens (including phenoxy) is 2. The molecule has 4 aliphatic heterocycles. The van der Waals surface area contributed by atoms with Gasteiger partial charge in [-0.15, -0.1) is 0 Å². The Morgan fingerprint density at radius 2 is 0.721 bits per heavy atom. The minimum absolute atomic E-state index is 0.00294. The van der Waals surface area contributed by atoms with Crippen LogP contribution in [0.1, 0.15) is 229 Å². The van der Waals surface area contributed by atoms with Gasteiger partial charge in [-0.2, -0.15) is 10.5 Å². The van der Waals surface area contributed by atoms with E-state index in [4.69, 9.17) is 9.47 Å². The van der Waals surface area contributed by atoms with E-state index in [-0.39, 0.29) is 74.4 Å². The van der Waals surface area contributed by atoms with E-state index in [1.165, 1.54) is 106 Å². The predicted molar refractivity (Wildman–Crippen MR) is 530 cm³/mol. The highest BCUT2D eigenvalue weighted by molar-refractivity contribution is 5.99. The molecule has 8 aromatic rings. The second kappa shape index (κ2) is 40.0. The number of carbonyl (C=O) groups is 5. The number of pyridine rings is 1. The van der Waals surface area contributed by atoms with E-state index in [2.05, 4.69) is 244 Å². The molecule has 24 nitrogen and oxygen atoms in total. The number of hydrogen-bond donors (Lipinski definition) is 0. The molecule has 8 saturated carbocycles. The number of urea groups is 4. The van der Waals surface area contributed by atoms with E-state index in [9.17, 15) is 38.9 Å². The lowest BCUT2D eigenvalue weighted by atomic mass is 9.68. The van der Waals surface area contributed by atoms with Crippen molar-refractivity contribution in [2.75, 3.05) is 143 Å². The molecule has 12 fully saturated rings. The van der Waals surface area contributed by atoms with E-state index in [1.54, 1.807) is 48.5 Å². The number of esters is 1. The molecule has 0 radical (unpaired) electrons. The molecule has 8 amide bonds. The highest BCUT2D eigenvalue weighted by atomic mass is 19.1. The van der Waals surface area contributed by atoms with Crippen LogP contribution in [0.5, 0.6) is 5.75 Å². The third-order valence-electron chi connectivity index (χ3n) is 34.8. The third kappa shape index (κ3) is 18.3. The van der Waals surface area contributed by atoms with Crippen LogP contribution < -0.4 is 24.3 Å². The summed E-state index contributed by atoms with van der Waals surface area (Å²) in [4.78, 5) is 105. The number of anilines is 4. The molecule has 0 N–H and O–H groups in total. The second-order valence-electron chi connectivity index (χ2n) is 42.4. The van der Waals surface area contributed by atoms with Gasteiger partial charge in [-0.3, -0.25) is 39.2 Å². The van der Waals surface area contributed by atoms with Gasteiger partial charge in [0.2, 0.25) is 5.95 Å². The monoisotopic (exact) mass is 1840 g/mol. The van der Waals surface area contributed by atoms with Crippen molar-refractivity contribution in [2.45, 2.75) is 231 Å². The number of benzene rings is 6. The highest BCUT2D eigenvalue weighted by Crippen LogP contribution is 2.57. The Balaban J connectivity index is 0.000000126. The molecule has 0 atom stereocenters. The van der Waals surface area contributed by atoms with Crippen LogP contribution in [0.25, 0.3) is 0 Å². The lowest BCUT2D eigenvalue weighted by molar-refractivity contribution is 0.0172. The largest absolute Gasteiger partial charge is 0.495 e. The van der Waals surface area contributed by atoms with Crippen molar-refractivity contribution in [2.24, 2.45) is 23.7 Å². The molecule has 136 heavy (non-hydrogen) atoms. The number of nitriles is 2. The molecule has 8 aliphatic carbocycles. The number of hydrogen-bond acceptors (Lipinski definition) is 16. The molecule has 20 rings (SSSR count). The van der Waals surface area contributed by atoms with E-state index < -0.39 is 5.82 Å². The number of aromatic nitrogens is 3. The van der Waals surface area contributed by atoms with Gasteiger partial charge in [0, 0.05) is 60.1 Å². The first-order valence-corrected chi connectivity index (χ1v) is 50.0. The molecular weight excluding hydrogens is 1700 g/mol. The van der Waals surface area contributed by atoms with Crippen molar-refractivity contribution in [1.82, 2.24) is 54.2 Å². The van der Waals surface area contributed by atoms with Gasteiger partial charge in [-0.05, 0) is 311 Å². The van der Waals surface area contributed by atoms with Crippen molar-refractivity contribution in [3.8, 4) is 17.9 Å². The Morgan fingerprint density at radius 3 is 1.02 bits per heavy atom. The summed E-state index contributed by atoms with van der Waals surface area (Å²) < 4.78 is 23.9. The lowest BCUT2D eigenvalue weighted by Gasteiger charge is -2.51. The smallest absolute Gasteiger partial charge is 0.337 e. The molecule has 0 unspecified atom stereocenters. The number of aryl methyl sites for hydroxylation is 1. The van der Waals surface area contributed by atoms with Crippen molar-refractivity contribution >= 4 is 53.1 Å². The topological polar surface area (TPSA) is 229 Å². The maximum atomic E-state index is 14.0. The highest BCUT2D eigenvalue weighted by Gasteiger charge is 2.61. The maximum absolute atomic E-state index is 14.0. The van der Waals surface area contributed by atoms with Crippen LogP contribution in [-0.2, 0) is 26.9 Å². The summed E-state index contributed by atoms with van der Waals surface area (Å²) in [6, 6.07) is 62.3. The molecule has 718 valence electrons. The normalized spacial score (nSPS) is 27.4. The van der Waals surface area contributed by atoms with Crippen LogP contribution in [0.2, 0.25) is 0 Å². The van der Waals surface area contributed by atoms with Crippen LogP contribution in [0.3, 0.4) is 0 Å². The number of halogens is 1. The number of rotatable bonds is 22. The van der Waals surface area contributed by atoms with Gasteiger partial charge in [-0.25, -0.2) is 43.3 Å². The van der Waals surface area contributed by atoms with Crippen molar-refractivity contribution < 1.29 is 37.8 Å². The molecule has 25 heteroatoms. The predicted octanol–water partition coefficient (Wildman–Crippen LogP) is 20.2. The molecule has 4 saturated heterocycles. The SMILES string of the molecule is CN(C)C1(c2ccccc2)CCC2(CC1)CN(c1ncc(F)cn1)C(=O)N2CC1CCC1.COC(=O)c1ccc(N2CC3(CCC(c4ccccc4)(N(C)C)CC3)N(CC3CCC3)C2=O)cc1.COc1cc(C#N)ccc1N1CC2(CCC(c3ccccc3)(N(C)C)CC2)N(CC2CCC2)C1=O.Cc1cc(C#N)ncc1N1CC2(CCC(c3ccccc3)(N(C)C)CC2)N(CC2CCC2)C1=O. The van der Waals surface area contributed by atoms with E-state index in [0.29, 0.717) is 78.4 Å². The third-order valence-corrected chi connectivity index (χ3v) is 34.8. The summed E-state index contributed by atoms with van der Waals surface area (Å²) in [6.07, 6.45) is 34.6. The summed E-state index contributed by atoms with van der Waals surface area (Å²) >= 11 is 0. The number of methoxy groups -OCH3 is 2. The van der Waals surface area contributed by atoms with Gasteiger partial charge < -0.3 is 29.1 Å². The van der Waals surface area contributed by atoms with Crippen LogP contribution in [0.4, 0.5) is 46.6 Å². The lowest BCUT2D eigenvalue weighted by Crippen LogP contribution is -2.56. The average Bonchev–Trinajstić information content (AvgIpc) is 1.58. The van der Waals surface area contributed by atoms with Crippen LogP contribution in [0, 0.1) is 59.1 Å². The Kier molecular flexibility index (Phi) is 28.3. The zero-order valence-electron chi connectivity index (χ0n) is 82.0. The first-order valence-electron chi connectivity index (χ1n) is 50.0. The Bertz CT molecular complexity index is 5590. The zero-order chi connectivity index (χ0) is 95.5. The quantitative estimate of drug-likeness (QED) is 0.0574. The molecule has 0 bridgehead atoms. The summed E-state index contributed by atoms with van der Waals surface area (Å²) in [6.45, 7) is 7.97. The molecule has 6 heterocycles. The Morgan fingerprint density at radius 1 is 0.397 bits per heavy atom. The molecule has 6 aromatic carbocycles. The fourth-order valence-electron chi connectivity index (χ4n) is 25.1. The van der Waals surface area contributed by atoms with Crippen molar-refractivity contribution in [1.29, 1.82) is 10.5 Å². The summed E-state index contributed by atoms with van der Waals surface area (Å²) in [7, 11) is 20.4.